The molecule has 0 unspecified atom stereocenters. The summed E-state index contributed by atoms with van der Waals surface area (Å²) >= 11 is 11.8. The zero-order valence-electron chi connectivity index (χ0n) is 14.4. The number of carbonyl (C=O) groups excluding carboxylic acids is 1. The topological polar surface area (TPSA) is 70.6 Å². The molecular weight excluding hydrogens is 365 g/mol. The second-order valence-corrected chi connectivity index (χ2v) is 6.45. The van der Waals surface area contributed by atoms with E-state index in [9.17, 15) is 4.79 Å². The maximum absolute atomic E-state index is 12.2. The lowest BCUT2D eigenvalue weighted by molar-refractivity contribution is -0.118. The fraction of sp³-hybridized carbons (Fsp3) is 0.312. The number of carbonyl (C=O) groups is 1. The number of nitrogens with one attached hydrogen (secondary N) is 1. The molecule has 1 amide bonds. The molecule has 1 heterocycles. The molecule has 7 nitrogen and oxygen atoms in total. The monoisotopic (exact) mass is 383 g/mol. The van der Waals surface area contributed by atoms with Crippen LogP contribution in [0.25, 0.3) is 0 Å². The Labute approximate surface area is 156 Å². The van der Waals surface area contributed by atoms with Gasteiger partial charge in [-0.3, -0.25) is 4.79 Å². The number of benzene rings is 1. The van der Waals surface area contributed by atoms with Crippen molar-refractivity contribution in [3.63, 3.8) is 0 Å². The van der Waals surface area contributed by atoms with E-state index in [-0.39, 0.29) is 12.5 Å². The highest BCUT2D eigenvalue weighted by Gasteiger charge is 2.14. The van der Waals surface area contributed by atoms with Gasteiger partial charge in [-0.1, -0.05) is 23.2 Å². The number of nitrogens with zero attached hydrogens (tertiary/aromatic N) is 4. The number of hydrogen-bond donors (Lipinski definition) is 1. The molecule has 2 aromatic rings. The lowest BCUT2D eigenvalue weighted by atomic mass is 10.3. The van der Waals surface area contributed by atoms with Gasteiger partial charge in [0.1, 0.15) is 11.4 Å². The first-order valence-corrected chi connectivity index (χ1v) is 8.13. The highest BCUT2D eigenvalue weighted by Crippen LogP contribution is 2.27. The van der Waals surface area contributed by atoms with E-state index < -0.39 is 0 Å². The van der Waals surface area contributed by atoms with Crippen molar-refractivity contribution in [1.29, 1.82) is 0 Å². The van der Waals surface area contributed by atoms with E-state index in [1.807, 2.05) is 28.2 Å². The van der Waals surface area contributed by atoms with Gasteiger partial charge in [0.05, 0.1) is 11.2 Å². The van der Waals surface area contributed by atoms with Crippen molar-refractivity contribution in [3.8, 4) is 5.75 Å². The number of ether oxygens (including phenoxy) is 1. The molecule has 25 heavy (non-hydrogen) atoms. The molecule has 1 aromatic carbocycles. The third-order valence-electron chi connectivity index (χ3n) is 3.11. The number of hydrogen-bond acceptors (Lipinski definition) is 6. The third kappa shape index (κ3) is 5.11. The number of amides is 1. The molecule has 0 saturated carbocycles. The highest BCUT2D eigenvalue weighted by molar-refractivity contribution is 6.35. The molecule has 0 fully saturated rings. The van der Waals surface area contributed by atoms with Gasteiger partial charge < -0.3 is 19.9 Å². The summed E-state index contributed by atoms with van der Waals surface area (Å²) in [6.07, 6.45) is 1.56. The molecular formula is C16H19Cl2N5O2. The van der Waals surface area contributed by atoms with E-state index in [4.69, 9.17) is 27.9 Å². The minimum absolute atomic E-state index is 0.205. The first kappa shape index (κ1) is 19.1. The molecule has 0 radical (unpaired) electrons. The van der Waals surface area contributed by atoms with Gasteiger partial charge in [-0.25, -0.2) is 4.98 Å². The molecule has 0 atom stereocenters. The van der Waals surface area contributed by atoms with Gasteiger partial charge in [0, 0.05) is 33.2 Å². The van der Waals surface area contributed by atoms with Crippen LogP contribution in [0, 0.1) is 0 Å². The standard InChI is InChI=1S/C16H19Cl2N5O2/c1-22(2)15-12(8-19-16(21-15)23(3)4)20-14(24)9-25-13-6-5-10(17)7-11(13)18/h5-8H,9H2,1-4H3,(H,20,24). The van der Waals surface area contributed by atoms with Gasteiger partial charge in [-0.2, -0.15) is 4.98 Å². The van der Waals surface area contributed by atoms with Crippen LogP contribution in [0.3, 0.4) is 0 Å². The van der Waals surface area contributed by atoms with Gasteiger partial charge >= 0.3 is 0 Å². The molecule has 9 heteroatoms. The molecule has 0 aliphatic carbocycles. The second-order valence-electron chi connectivity index (χ2n) is 5.61. The lowest BCUT2D eigenvalue weighted by Gasteiger charge is -2.19. The Morgan fingerprint density at radius 3 is 2.52 bits per heavy atom. The summed E-state index contributed by atoms with van der Waals surface area (Å²) in [4.78, 5) is 24.4. The van der Waals surface area contributed by atoms with E-state index in [2.05, 4.69) is 15.3 Å². The fourth-order valence-corrected chi connectivity index (χ4v) is 2.39. The zero-order chi connectivity index (χ0) is 18.6. The maximum atomic E-state index is 12.2. The van der Waals surface area contributed by atoms with Crippen LogP contribution in [0.2, 0.25) is 10.0 Å². The minimum atomic E-state index is -0.352. The molecule has 0 spiro atoms. The first-order valence-electron chi connectivity index (χ1n) is 7.37. The Morgan fingerprint density at radius 1 is 1.20 bits per heavy atom. The van der Waals surface area contributed by atoms with Crippen molar-refractivity contribution in [2.75, 3.05) is 49.9 Å². The van der Waals surface area contributed by atoms with E-state index in [1.165, 1.54) is 0 Å². The fourth-order valence-electron chi connectivity index (χ4n) is 1.93. The van der Waals surface area contributed by atoms with Gasteiger partial charge in [0.2, 0.25) is 5.95 Å². The third-order valence-corrected chi connectivity index (χ3v) is 3.64. The van der Waals surface area contributed by atoms with Gasteiger partial charge in [-0.15, -0.1) is 0 Å². The van der Waals surface area contributed by atoms with Crippen LogP contribution >= 0.6 is 23.2 Å². The van der Waals surface area contributed by atoms with Crippen LogP contribution in [0.4, 0.5) is 17.5 Å². The molecule has 134 valence electrons. The second kappa shape index (κ2) is 8.22. The summed E-state index contributed by atoms with van der Waals surface area (Å²) in [7, 11) is 7.36. The number of aromatic nitrogens is 2. The van der Waals surface area contributed by atoms with Crippen molar-refractivity contribution < 1.29 is 9.53 Å². The predicted molar refractivity (Wildman–Crippen MR) is 101 cm³/mol. The number of halogens is 2. The highest BCUT2D eigenvalue weighted by atomic mass is 35.5. The maximum Gasteiger partial charge on any atom is 0.262 e. The summed E-state index contributed by atoms with van der Waals surface area (Å²) in [5.74, 6) is 1.17. The van der Waals surface area contributed by atoms with Crippen LogP contribution in [0.15, 0.2) is 24.4 Å². The Morgan fingerprint density at radius 2 is 1.92 bits per heavy atom. The van der Waals surface area contributed by atoms with Crippen molar-refractivity contribution in [3.05, 3.63) is 34.4 Å². The Bertz CT molecular complexity index is 768. The van der Waals surface area contributed by atoms with E-state index >= 15 is 0 Å². The van der Waals surface area contributed by atoms with Crippen molar-refractivity contribution in [2.45, 2.75) is 0 Å². The normalized spacial score (nSPS) is 10.3. The van der Waals surface area contributed by atoms with Crippen molar-refractivity contribution in [1.82, 2.24) is 9.97 Å². The average Bonchev–Trinajstić information content (AvgIpc) is 2.54. The van der Waals surface area contributed by atoms with Crippen LogP contribution in [0.5, 0.6) is 5.75 Å². The molecule has 1 N–H and O–H groups in total. The summed E-state index contributed by atoms with van der Waals surface area (Å²) in [6, 6.07) is 4.80. The Balaban J connectivity index is 2.07. The first-order chi connectivity index (χ1) is 11.8. The smallest absolute Gasteiger partial charge is 0.262 e. The summed E-state index contributed by atoms with van der Waals surface area (Å²) in [5.41, 5.74) is 0.492. The average molecular weight is 384 g/mol. The van der Waals surface area contributed by atoms with Crippen molar-refractivity contribution >= 4 is 46.6 Å². The predicted octanol–water partition coefficient (Wildman–Crippen LogP) is 2.93. The SMILES string of the molecule is CN(C)c1ncc(NC(=O)COc2ccc(Cl)cc2Cl)c(N(C)C)n1. The van der Waals surface area contributed by atoms with Crippen LogP contribution in [-0.4, -0.2) is 50.7 Å². The number of anilines is 3. The number of rotatable bonds is 6. The van der Waals surface area contributed by atoms with E-state index in [0.717, 1.165) is 0 Å². The van der Waals surface area contributed by atoms with Crippen LogP contribution in [-0.2, 0) is 4.79 Å². The summed E-state index contributed by atoms with van der Waals surface area (Å²) < 4.78 is 5.42. The Kier molecular flexibility index (Phi) is 6.27. The molecule has 1 aromatic heterocycles. The minimum Gasteiger partial charge on any atom is -0.482 e. The van der Waals surface area contributed by atoms with Gasteiger partial charge in [0.15, 0.2) is 12.4 Å². The van der Waals surface area contributed by atoms with Gasteiger partial charge in [-0.05, 0) is 18.2 Å². The summed E-state index contributed by atoms with van der Waals surface area (Å²) in [6.45, 7) is -0.205. The largest absolute Gasteiger partial charge is 0.482 e. The van der Waals surface area contributed by atoms with Crippen molar-refractivity contribution in [2.24, 2.45) is 0 Å². The quantitative estimate of drug-likeness (QED) is 0.826. The van der Waals surface area contributed by atoms with Gasteiger partial charge in [0.25, 0.3) is 5.91 Å². The van der Waals surface area contributed by atoms with Crippen LogP contribution in [0.1, 0.15) is 0 Å². The molecule has 0 saturated heterocycles. The molecule has 2 rings (SSSR count). The molecule has 0 aliphatic heterocycles. The molecule has 0 bridgehead atoms. The lowest BCUT2D eigenvalue weighted by Crippen LogP contribution is -2.24. The Hall–Kier alpha value is -2.25. The van der Waals surface area contributed by atoms with Crippen LogP contribution < -0.4 is 19.9 Å². The van der Waals surface area contributed by atoms with E-state index in [0.29, 0.717) is 33.2 Å². The van der Waals surface area contributed by atoms with E-state index in [1.54, 1.807) is 34.2 Å². The zero-order valence-corrected chi connectivity index (χ0v) is 15.9. The molecule has 0 aliphatic rings. The summed E-state index contributed by atoms with van der Waals surface area (Å²) in [5, 5.41) is 3.58.